The molecule has 1 aliphatic rings. The largest absolute Gasteiger partial charge is 0.390 e. The third-order valence-electron chi connectivity index (χ3n) is 5.46. The van der Waals surface area contributed by atoms with E-state index < -0.39 is 6.10 Å². The lowest BCUT2D eigenvalue weighted by molar-refractivity contribution is -0.135. The number of ether oxygens (including phenoxy) is 1. The summed E-state index contributed by atoms with van der Waals surface area (Å²) < 4.78 is 5.81. The molecular weight excluding hydrogens is 260 g/mol. The molecule has 21 heavy (non-hydrogen) atoms. The summed E-state index contributed by atoms with van der Waals surface area (Å²) in [6.45, 7) is 8.86. The van der Waals surface area contributed by atoms with E-state index in [1.54, 1.807) is 7.11 Å². The molecule has 0 aliphatic heterocycles. The van der Waals surface area contributed by atoms with Gasteiger partial charge in [-0.2, -0.15) is 0 Å². The summed E-state index contributed by atoms with van der Waals surface area (Å²) in [4.78, 5) is 0. The van der Waals surface area contributed by atoms with Gasteiger partial charge in [-0.1, -0.05) is 32.0 Å². The van der Waals surface area contributed by atoms with Crippen LogP contribution in [0.5, 0.6) is 0 Å². The number of hydrogen-bond acceptors (Lipinski definition) is 2. The smallest absolute Gasteiger partial charge is 0.0940 e. The van der Waals surface area contributed by atoms with Gasteiger partial charge < -0.3 is 9.84 Å². The van der Waals surface area contributed by atoms with Crippen molar-refractivity contribution < 1.29 is 9.84 Å². The Morgan fingerprint density at radius 1 is 1.10 bits per heavy atom. The van der Waals surface area contributed by atoms with Crippen molar-refractivity contribution in [2.24, 2.45) is 5.41 Å². The number of benzene rings is 1. The minimum absolute atomic E-state index is 0.367. The molecular formula is C19H30O2. The van der Waals surface area contributed by atoms with Crippen molar-refractivity contribution in [3.05, 3.63) is 34.9 Å². The Morgan fingerprint density at radius 2 is 1.71 bits per heavy atom. The van der Waals surface area contributed by atoms with Crippen LogP contribution in [0.1, 0.15) is 56.2 Å². The fourth-order valence-electron chi connectivity index (χ4n) is 3.36. The van der Waals surface area contributed by atoms with Crippen molar-refractivity contribution in [3.63, 3.8) is 0 Å². The average molecular weight is 290 g/mol. The molecule has 0 spiro atoms. The van der Waals surface area contributed by atoms with Crippen LogP contribution in [0.4, 0.5) is 0 Å². The normalized spacial score (nSPS) is 22.0. The zero-order valence-electron chi connectivity index (χ0n) is 14.2. The van der Waals surface area contributed by atoms with E-state index >= 15 is 0 Å². The van der Waals surface area contributed by atoms with E-state index in [1.807, 2.05) is 0 Å². The second-order valence-corrected chi connectivity index (χ2v) is 7.57. The van der Waals surface area contributed by atoms with Crippen molar-refractivity contribution >= 4 is 0 Å². The van der Waals surface area contributed by atoms with Gasteiger partial charge in [-0.3, -0.25) is 0 Å². The van der Waals surface area contributed by atoms with E-state index in [0.717, 1.165) is 25.7 Å². The van der Waals surface area contributed by atoms with Gasteiger partial charge in [0.25, 0.3) is 0 Å². The molecule has 1 aromatic rings. The first-order valence-electron chi connectivity index (χ1n) is 8.07. The summed E-state index contributed by atoms with van der Waals surface area (Å²) in [7, 11) is 1.75. The molecule has 1 aliphatic carbocycles. The molecule has 1 unspecified atom stereocenters. The van der Waals surface area contributed by atoms with Crippen molar-refractivity contribution in [1.29, 1.82) is 0 Å². The number of aliphatic hydroxyl groups excluding tert-OH is 1. The van der Waals surface area contributed by atoms with Crippen molar-refractivity contribution in [1.82, 2.24) is 0 Å². The van der Waals surface area contributed by atoms with Gasteiger partial charge in [0.05, 0.1) is 11.7 Å². The van der Waals surface area contributed by atoms with E-state index in [2.05, 4.69) is 45.9 Å². The van der Waals surface area contributed by atoms with Crippen molar-refractivity contribution in [2.75, 3.05) is 7.11 Å². The molecule has 1 aromatic carbocycles. The molecule has 2 nitrogen and oxygen atoms in total. The van der Waals surface area contributed by atoms with E-state index in [-0.39, 0.29) is 5.60 Å². The summed E-state index contributed by atoms with van der Waals surface area (Å²) in [5.41, 5.74) is 3.80. The van der Waals surface area contributed by atoms with Crippen LogP contribution in [0.25, 0.3) is 0 Å². The highest BCUT2D eigenvalue weighted by Crippen LogP contribution is 2.43. The summed E-state index contributed by atoms with van der Waals surface area (Å²) >= 11 is 0. The lowest BCUT2D eigenvalue weighted by Crippen LogP contribution is -2.49. The number of rotatable bonds is 4. The summed E-state index contributed by atoms with van der Waals surface area (Å²) in [5, 5.41) is 10.8. The van der Waals surface area contributed by atoms with Crippen LogP contribution >= 0.6 is 0 Å². The van der Waals surface area contributed by atoms with E-state index in [9.17, 15) is 5.11 Å². The van der Waals surface area contributed by atoms with E-state index in [4.69, 9.17) is 4.74 Å². The maximum absolute atomic E-state index is 10.8. The van der Waals surface area contributed by atoms with Gasteiger partial charge in [-0.15, -0.1) is 0 Å². The van der Waals surface area contributed by atoms with Crippen molar-refractivity contribution in [2.45, 2.75) is 71.5 Å². The standard InChI is InChI=1S/C19H30O2/c1-14-6-7-16(12-15(14)2)13-17(20)19(21-5)10-8-18(3,4)9-11-19/h6-7,12,17,20H,8-11,13H2,1-5H3. The lowest BCUT2D eigenvalue weighted by atomic mass is 9.68. The van der Waals surface area contributed by atoms with E-state index in [0.29, 0.717) is 11.8 Å². The zero-order valence-corrected chi connectivity index (χ0v) is 14.2. The number of aryl methyl sites for hydroxylation is 2. The molecule has 1 atom stereocenters. The molecule has 0 radical (unpaired) electrons. The van der Waals surface area contributed by atoms with Gasteiger partial charge in [-0.25, -0.2) is 0 Å². The van der Waals surface area contributed by atoms with Crippen LogP contribution < -0.4 is 0 Å². The van der Waals surface area contributed by atoms with Gasteiger partial charge in [0.15, 0.2) is 0 Å². The molecule has 0 bridgehead atoms. The first-order chi connectivity index (χ1) is 9.78. The SMILES string of the molecule is COC1(C(O)Cc2ccc(C)c(C)c2)CCC(C)(C)CC1. The van der Waals surface area contributed by atoms with Crippen LogP contribution in [0.3, 0.4) is 0 Å². The highest BCUT2D eigenvalue weighted by atomic mass is 16.5. The second kappa shape index (κ2) is 6.10. The Bertz CT molecular complexity index is 480. The monoisotopic (exact) mass is 290 g/mol. The van der Waals surface area contributed by atoms with Crippen molar-refractivity contribution in [3.8, 4) is 0 Å². The van der Waals surface area contributed by atoms with Gasteiger partial charge in [0.1, 0.15) is 0 Å². The number of methoxy groups -OCH3 is 1. The molecule has 2 rings (SSSR count). The summed E-state index contributed by atoms with van der Waals surface area (Å²) in [6.07, 6.45) is 4.37. The average Bonchev–Trinajstić information content (AvgIpc) is 2.43. The first-order valence-corrected chi connectivity index (χ1v) is 8.07. The minimum atomic E-state index is -0.430. The van der Waals surface area contributed by atoms with E-state index in [1.165, 1.54) is 16.7 Å². The third kappa shape index (κ3) is 3.67. The van der Waals surface area contributed by atoms with Gasteiger partial charge in [0.2, 0.25) is 0 Å². The van der Waals surface area contributed by atoms with Gasteiger partial charge in [-0.05, 0) is 61.6 Å². The second-order valence-electron chi connectivity index (χ2n) is 7.57. The predicted octanol–water partition coefficient (Wildman–Crippen LogP) is 4.19. The van der Waals surface area contributed by atoms with Crippen LogP contribution in [-0.2, 0) is 11.2 Å². The highest BCUT2D eigenvalue weighted by molar-refractivity contribution is 5.30. The van der Waals surface area contributed by atoms with Crippen LogP contribution in [0, 0.1) is 19.3 Å². The predicted molar refractivity (Wildman–Crippen MR) is 87.6 cm³/mol. The van der Waals surface area contributed by atoms with Gasteiger partial charge >= 0.3 is 0 Å². The van der Waals surface area contributed by atoms with Crippen LogP contribution in [0.2, 0.25) is 0 Å². The third-order valence-corrected chi connectivity index (χ3v) is 5.46. The molecule has 1 N–H and O–H groups in total. The molecule has 0 aromatic heterocycles. The Balaban J connectivity index is 2.10. The number of aliphatic hydroxyl groups is 1. The molecule has 0 heterocycles. The summed E-state index contributed by atoms with van der Waals surface area (Å²) in [5.74, 6) is 0. The first kappa shape index (κ1) is 16.5. The fraction of sp³-hybridized carbons (Fsp3) is 0.684. The highest BCUT2D eigenvalue weighted by Gasteiger charge is 2.43. The van der Waals surface area contributed by atoms with Crippen LogP contribution in [-0.4, -0.2) is 23.9 Å². The molecule has 1 saturated carbocycles. The molecule has 0 saturated heterocycles. The zero-order chi connectivity index (χ0) is 15.7. The topological polar surface area (TPSA) is 29.5 Å². The molecule has 118 valence electrons. The molecule has 1 fully saturated rings. The Hall–Kier alpha value is -0.860. The quantitative estimate of drug-likeness (QED) is 0.901. The minimum Gasteiger partial charge on any atom is -0.390 e. The Kier molecular flexibility index (Phi) is 4.79. The Labute approximate surface area is 129 Å². The Morgan fingerprint density at radius 3 is 2.24 bits per heavy atom. The lowest BCUT2D eigenvalue weighted by Gasteiger charge is -2.45. The maximum atomic E-state index is 10.8. The summed E-state index contributed by atoms with van der Waals surface area (Å²) in [6, 6.07) is 6.46. The fourth-order valence-corrected chi connectivity index (χ4v) is 3.36. The maximum Gasteiger partial charge on any atom is 0.0940 e. The van der Waals surface area contributed by atoms with Crippen LogP contribution in [0.15, 0.2) is 18.2 Å². The molecule has 0 amide bonds. The number of hydrogen-bond donors (Lipinski definition) is 1. The molecule has 2 heteroatoms. The van der Waals surface area contributed by atoms with Gasteiger partial charge in [0, 0.05) is 13.5 Å².